The summed E-state index contributed by atoms with van der Waals surface area (Å²) in [5, 5.41) is 12.7. The van der Waals surface area contributed by atoms with E-state index in [1.807, 2.05) is 30.3 Å². The van der Waals surface area contributed by atoms with Gasteiger partial charge in [-0.15, -0.1) is 0 Å². The number of aliphatic hydroxyl groups excluding tert-OH is 1. The van der Waals surface area contributed by atoms with Gasteiger partial charge in [-0.2, -0.15) is 0 Å². The molecule has 2 aromatic carbocycles. The van der Waals surface area contributed by atoms with Gasteiger partial charge in [0, 0.05) is 25.1 Å². The maximum atomic E-state index is 13.0. The molecule has 2 atom stereocenters. The van der Waals surface area contributed by atoms with Crippen molar-refractivity contribution in [2.45, 2.75) is 25.1 Å². The van der Waals surface area contributed by atoms with Crippen LogP contribution in [0, 0.1) is 5.82 Å². The molecule has 25 heavy (non-hydrogen) atoms. The van der Waals surface area contributed by atoms with Crippen LogP contribution in [0.5, 0.6) is 0 Å². The summed E-state index contributed by atoms with van der Waals surface area (Å²) < 4.78 is 13.0. The first-order valence-electron chi connectivity index (χ1n) is 8.11. The number of β-amino-alcohol motifs (C(OH)–C–C–N with tert-alkyl or cyclic N) is 1. The number of rotatable bonds is 4. The van der Waals surface area contributed by atoms with Crippen molar-refractivity contribution in [2.24, 2.45) is 0 Å². The van der Waals surface area contributed by atoms with Gasteiger partial charge in [0.05, 0.1) is 6.10 Å². The SMILES string of the molecule is O=C(NCc1ccccc1)C1CC(O)CN1C(=O)c1ccc(F)cc1. The Morgan fingerprint density at radius 2 is 1.80 bits per heavy atom. The Morgan fingerprint density at radius 3 is 2.48 bits per heavy atom. The molecule has 0 spiro atoms. The highest BCUT2D eigenvalue weighted by atomic mass is 19.1. The summed E-state index contributed by atoms with van der Waals surface area (Å²) >= 11 is 0. The zero-order valence-electron chi connectivity index (χ0n) is 13.6. The van der Waals surface area contributed by atoms with E-state index in [1.165, 1.54) is 29.2 Å². The molecule has 2 aromatic rings. The third kappa shape index (κ3) is 4.03. The van der Waals surface area contributed by atoms with E-state index in [1.54, 1.807) is 0 Å². The molecule has 0 aromatic heterocycles. The fourth-order valence-electron chi connectivity index (χ4n) is 2.95. The number of aliphatic hydroxyl groups is 1. The first kappa shape index (κ1) is 17.1. The van der Waals surface area contributed by atoms with Gasteiger partial charge >= 0.3 is 0 Å². The molecule has 6 heteroatoms. The van der Waals surface area contributed by atoms with E-state index >= 15 is 0 Å². The van der Waals surface area contributed by atoms with Gasteiger partial charge < -0.3 is 15.3 Å². The first-order chi connectivity index (χ1) is 12.0. The van der Waals surface area contributed by atoms with Gasteiger partial charge in [-0.1, -0.05) is 30.3 Å². The van der Waals surface area contributed by atoms with E-state index in [4.69, 9.17) is 0 Å². The molecular weight excluding hydrogens is 323 g/mol. The van der Waals surface area contributed by atoms with E-state index in [9.17, 15) is 19.1 Å². The second kappa shape index (κ2) is 7.44. The van der Waals surface area contributed by atoms with Crippen LogP contribution in [0.25, 0.3) is 0 Å². The largest absolute Gasteiger partial charge is 0.391 e. The fraction of sp³-hybridized carbons (Fsp3) is 0.263. The van der Waals surface area contributed by atoms with Crippen LogP contribution in [0.15, 0.2) is 54.6 Å². The lowest BCUT2D eigenvalue weighted by molar-refractivity contribution is -0.125. The standard InChI is InChI=1S/C19H19FN2O3/c20-15-8-6-14(7-9-15)19(25)22-12-16(23)10-17(22)18(24)21-11-13-4-2-1-3-5-13/h1-9,16-17,23H,10-12H2,(H,21,24). The van der Waals surface area contributed by atoms with Gasteiger partial charge in [-0.3, -0.25) is 9.59 Å². The third-order valence-corrected chi connectivity index (χ3v) is 4.24. The molecule has 0 saturated carbocycles. The number of amides is 2. The zero-order chi connectivity index (χ0) is 17.8. The Morgan fingerprint density at radius 1 is 1.12 bits per heavy atom. The van der Waals surface area contributed by atoms with Crippen molar-refractivity contribution in [3.8, 4) is 0 Å². The van der Waals surface area contributed by atoms with Crippen molar-refractivity contribution < 1.29 is 19.1 Å². The second-order valence-corrected chi connectivity index (χ2v) is 6.07. The van der Waals surface area contributed by atoms with Crippen molar-refractivity contribution in [3.63, 3.8) is 0 Å². The average molecular weight is 342 g/mol. The molecule has 0 radical (unpaired) electrons. The van der Waals surface area contributed by atoms with Gasteiger partial charge in [0.25, 0.3) is 5.91 Å². The molecule has 1 aliphatic rings. The Labute approximate surface area is 145 Å². The highest BCUT2D eigenvalue weighted by Crippen LogP contribution is 2.21. The van der Waals surface area contributed by atoms with E-state index in [-0.39, 0.29) is 24.4 Å². The van der Waals surface area contributed by atoms with Crippen LogP contribution < -0.4 is 5.32 Å². The summed E-state index contributed by atoms with van der Waals surface area (Å²) in [6, 6.07) is 13.8. The molecule has 130 valence electrons. The average Bonchev–Trinajstić information content (AvgIpc) is 3.02. The molecule has 1 fully saturated rings. The minimum absolute atomic E-state index is 0.0830. The molecular formula is C19H19FN2O3. The Hall–Kier alpha value is -2.73. The second-order valence-electron chi connectivity index (χ2n) is 6.07. The lowest BCUT2D eigenvalue weighted by Gasteiger charge is -2.23. The number of halogens is 1. The predicted molar refractivity (Wildman–Crippen MR) is 90.1 cm³/mol. The monoisotopic (exact) mass is 342 g/mol. The van der Waals surface area contributed by atoms with Gasteiger partial charge in [0.2, 0.25) is 5.91 Å². The van der Waals surface area contributed by atoms with Crippen LogP contribution in [0.2, 0.25) is 0 Å². The van der Waals surface area contributed by atoms with Crippen molar-refractivity contribution in [3.05, 3.63) is 71.5 Å². The van der Waals surface area contributed by atoms with Gasteiger partial charge in [-0.25, -0.2) is 4.39 Å². The molecule has 1 saturated heterocycles. The number of carbonyl (C=O) groups is 2. The van der Waals surface area contributed by atoms with Crippen LogP contribution in [0.3, 0.4) is 0 Å². The number of carbonyl (C=O) groups excluding carboxylic acids is 2. The zero-order valence-corrected chi connectivity index (χ0v) is 13.6. The molecule has 3 rings (SSSR count). The number of nitrogens with zero attached hydrogens (tertiary/aromatic N) is 1. The number of hydrogen-bond acceptors (Lipinski definition) is 3. The number of likely N-dealkylation sites (tertiary alicyclic amines) is 1. The van der Waals surface area contributed by atoms with Crippen LogP contribution in [0.1, 0.15) is 22.3 Å². The summed E-state index contributed by atoms with van der Waals surface area (Å²) in [6.07, 6.45) is -0.565. The Bertz CT molecular complexity index is 749. The maximum Gasteiger partial charge on any atom is 0.254 e. The predicted octanol–water partition coefficient (Wildman–Crippen LogP) is 1.72. The molecule has 0 aliphatic carbocycles. The molecule has 2 amide bonds. The number of hydrogen-bond donors (Lipinski definition) is 2. The summed E-state index contributed by atoms with van der Waals surface area (Å²) in [5.74, 6) is -1.14. The van der Waals surface area contributed by atoms with Crippen LogP contribution in [0.4, 0.5) is 4.39 Å². The Kier molecular flexibility index (Phi) is 5.09. The third-order valence-electron chi connectivity index (χ3n) is 4.24. The van der Waals surface area contributed by atoms with E-state index in [0.29, 0.717) is 6.54 Å². The van der Waals surface area contributed by atoms with Crippen molar-refractivity contribution >= 4 is 11.8 Å². The van der Waals surface area contributed by atoms with Crippen LogP contribution >= 0.6 is 0 Å². The van der Waals surface area contributed by atoms with Gasteiger partial charge in [-0.05, 0) is 29.8 Å². The van der Waals surface area contributed by atoms with Crippen LogP contribution in [-0.4, -0.2) is 40.5 Å². The molecule has 0 bridgehead atoms. The quantitative estimate of drug-likeness (QED) is 0.889. The minimum atomic E-state index is -0.753. The van der Waals surface area contributed by atoms with E-state index in [2.05, 4.69) is 5.32 Å². The molecule has 1 heterocycles. The molecule has 1 aliphatic heterocycles. The van der Waals surface area contributed by atoms with E-state index < -0.39 is 23.9 Å². The first-order valence-corrected chi connectivity index (χ1v) is 8.11. The minimum Gasteiger partial charge on any atom is -0.391 e. The summed E-state index contributed by atoms with van der Waals surface area (Å²) in [5.41, 5.74) is 1.24. The highest BCUT2D eigenvalue weighted by Gasteiger charge is 2.39. The summed E-state index contributed by atoms with van der Waals surface area (Å²) in [4.78, 5) is 26.4. The van der Waals surface area contributed by atoms with Gasteiger partial charge in [0.15, 0.2) is 0 Å². The van der Waals surface area contributed by atoms with Crippen molar-refractivity contribution in [2.75, 3.05) is 6.54 Å². The lowest BCUT2D eigenvalue weighted by atomic mass is 10.1. The summed E-state index contributed by atoms with van der Waals surface area (Å²) in [6.45, 7) is 0.435. The van der Waals surface area contributed by atoms with Crippen LogP contribution in [-0.2, 0) is 11.3 Å². The fourth-order valence-corrected chi connectivity index (χ4v) is 2.95. The number of nitrogens with one attached hydrogen (secondary N) is 1. The van der Waals surface area contributed by atoms with E-state index in [0.717, 1.165) is 5.56 Å². The molecule has 5 nitrogen and oxygen atoms in total. The normalized spacial score (nSPS) is 19.7. The van der Waals surface area contributed by atoms with Gasteiger partial charge in [0.1, 0.15) is 11.9 Å². The Balaban J connectivity index is 1.69. The smallest absolute Gasteiger partial charge is 0.254 e. The maximum absolute atomic E-state index is 13.0. The molecule has 2 unspecified atom stereocenters. The van der Waals surface area contributed by atoms with Crippen molar-refractivity contribution in [1.29, 1.82) is 0 Å². The number of benzene rings is 2. The topological polar surface area (TPSA) is 69.6 Å². The highest BCUT2D eigenvalue weighted by molar-refractivity contribution is 5.98. The lowest BCUT2D eigenvalue weighted by Crippen LogP contribution is -2.45. The van der Waals surface area contributed by atoms with Crippen molar-refractivity contribution in [1.82, 2.24) is 10.2 Å². The summed E-state index contributed by atoms with van der Waals surface area (Å²) in [7, 11) is 0. The molecule has 2 N–H and O–H groups in total.